The summed E-state index contributed by atoms with van der Waals surface area (Å²) in [5.41, 5.74) is 0.927. The first kappa shape index (κ1) is 16.0. The Balaban J connectivity index is 2.27. The van der Waals surface area contributed by atoms with Crippen molar-refractivity contribution in [2.45, 2.75) is 6.10 Å². The number of nitrogens with zero attached hydrogens (tertiary/aromatic N) is 1. The third kappa shape index (κ3) is 3.86. The maximum atomic E-state index is 12.3. The zero-order chi connectivity index (χ0) is 16.1. The first-order valence-corrected chi connectivity index (χ1v) is 7.09. The zero-order valence-electron chi connectivity index (χ0n) is 12.3. The minimum atomic E-state index is -0.984. The second kappa shape index (κ2) is 7.09. The van der Waals surface area contributed by atoms with Crippen molar-refractivity contribution in [2.24, 2.45) is 0 Å². The summed E-state index contributed by atoms with van der Waals surface area (Å²) >= 11 is 5.87. The number of rotatable bonds is 4. The highest BCUT2D eigenvalue weighted by Crippen LogP contribution is 2.22. The van der Waals surface area contributed by atoms with Gasteiger partial charge in [-0.15, -0.1) is 0 Å². The van der Waals surface area contributed by atoms with E-state index >= 15 is 0 Å². The second-order valence-corrected chi connectivity index (χ2v) is 5.38. The quantitative estimate of drug-likeness (QED) is 0.813. The van der Waals surface area contributed by atoms with Gasteiger partial charge in [-0.3, -0.25) is 4.79 Å². The first-order chi connectivity index (χ1) is 10.5. The maximum Gasteiger partial charge on any atom is 0.339 e. The van der Waals surface area contributed by atoms with Crippen LogP contribution < -0.4 is 0 Å². The van der Waals surface area contributed by atoms with Gasteiger partial charge in [-0.05, 0) is 18.2 Å². The number of hydrogen-bond donors (Lipinski definition) is 0. The van der Waals surface area contributed by atoms with Crippen molar-refractivity contribution in [3.63, 3.8) is 0 Å². The van der Waals surface area contributed by atoms with Crippen molar-refractivity contribution in [3.8, 4) is 0 Å². The van der Waals surface area contributed by atoms with E-state index in [9.17, 15) is 9.59 Å². The van der Waals surface area contributed by atoms with Gasteiger partial charge >= 0.3 is 5.97 Å². The normalized spacial score (nSPS) is 11.6. The number of benzene rings is 2. The number of hydrogen-bond acceptors (Lipinski definition) is 3. The SMILES string of the molecule is CN(C)C(=O)C(OC(=O)c1cccc(Cl)c1)c1ccccc1. The first-order valence-electron chi connectivity index (χ1n) is 6.71. The lowest BCUT2D eigenvalue weighted by Gasteiger charge is -2.21. The molecule has 114 valence electrons. The summed E-state index contributed by atoms with van der Waals surface area (Å²) in [7, 11) is 3.23. The third-order valence-corrected chi connectivity index (χ3v) is 3.29. The van der Waals surface area contributed by atoms with Crippen LogP contribution in [0.3, 0.4) is 0 Å². The van der Waals surface area contributed by atoms with Crippen molar-refractivity contribution < 1.29 is 14.3 Å². The molecule has 0 aromatic heterocycles. The topological polar surface area (TPSA) is 46.6 Å². The molecule has 0 bridgehead atoms. The summed E-state index contributed by atoms with van der Waals surface area (Å²) in [5, 5.41) is 0.435. The van der Waals surface area contributed by atoms with Gasteiger partial charge in [0.1, 0.15) is 0 Å². The lowest BCUT2D eigenvalue weighted by Crippen LogP contribution is -2.31. The number of ether oxygens (including phenoxy) is 1. The summed E-state index contributed by atoms with van der Waals surface area (Å²) in [6, 6.07) is 15.3. The van der Waals surface area contributed by atoms with Crippen LogP contribution in [0.15, 0.2) is 54.6 Å². The summed E-state index contributed by atoms with van der Waals surface area (Å²) in [6.07, 6.45) is -0.984. The monoisotopic (exact) mass is 317 g/mol. The van der Waals surface area contributed by atoms with Gasteiger partial charge in [0.05, 0.1) is 5.56 Å². The van der Waals surface area contributed by atoms with Crippen molar-refractivity contribution in [3.05, 3.63) is 70.7 Å². The van der Waals surface area contributed by atoms with Crippen LogP contribution in [0.25, 0.3) is 0 Å². The Morgan fingerprint density at radius 2 is 1.73 bits per heavy atom. The number of esters is 1. The molecule has 1 atom stereocenters. The van der Waals surface area contributed by atoms with Crippen LogP contribution in [0.4, 0.5) is 0 Å². The van der Waals surface area contributed by atoms with E-state index < -0.39 is 12.1 Å². The molecule has 0 spiro atoms. The molecular weight excluding hydrogens is 302 g/mol. The Labute approximate surface area is 134 Å². The molecule has 1 amide bonds. The van der Waals surface area contributed by atoms with Crippen LogP contribution in [0.2, 0.25) is 5.02 Å². The van der Waals surface area contributed by atoms with E-state index in [2.05, 4.69) is 0 Å². The molecule has 2 aromatic carbocycles. The molecule has 0 saturated heterocycles. The Hall–Kier alpha value is -2.33. The molecule has 5 heteroatoms. The van der Waals surface area contributed by atoms with Crippen LogP contribution in [0.5, 0.6) is 0 Å². The molecule has 0 radical (unpaired) electrons. The number of carbonyl (C=O) groups is 2. The second-order valence-electron chi connectivity index (χ2n) is 4.94. The molecule has 2 rings (SSSR count). The smallest absolute Gasteiger partial charge is 0.339 e. The van der Waals surface area contributed by atoms with Crippen LogP contribution >= 0.6 is 11.6 Å². The van der Waals surface area contributed by atoms with Crippen molar-refractivity contribution in [1.29, 1.82) is 0 Å². The highest BCUT2D eigenvalue weighted by Gasteiger charge is 2.26. The molecule has 0 saturated carbocycles. The largest absolute Gasteiger partial charge is 0.444 e. The molecule has 0 aliphatic rings. The lowest BCUT2D eigenvalue weighted by atomic mass is 10.1. The van der Waals surface area contributed by atoms with Gasteiger partial charge in [0.25, 0.3) is 5.91 Å². The Morgan fingerprint density at radius 3 is 2.32 bits per heavy atom. The summed E-state index contributed by atoms with van der Waals surface area (Å²) in [5.74, 6) is -0.895. The van der Waals surface area contributed by atoms with Crippen LogP contribution in [0.1, 0.15) is 22.0 Å². The van der Waals surface area contributed by atoms with Gasteiger partial charge in [0.2, 0.25) is 6.10 Å². The standard InChI is InChI=1S/C17H16ClNO3/c1-19(2)16(20)15(12-7-4-3-5-8-12)22-17(21)13-9-6-10-14(18)11-13/h3-11,15H,1-2H3. The molecule has 0 fully saturated rings. The van der Waals surface area contributed by atoms with Gasteiger partial charge in [0, 0.05) is 24.7 Å². The molecule has 2 aromatic rings. The van der Waals surface area contributed by atoms with E-state index in [-0.39, 0.29) is 5.91 Å². The number of halogens is 1. The minimum absolute atomic E-state index is 0.304. The molecule has 4 nitrogen and oxygen atoms in total. The Bertz CT molecular complexity index is 671. The molecule has 0 aliphatic heterocycles. The predicted octanol–water partition coefficient (Wildman–Crippen LogP) is 3.33. The zero-order valence-corrected chi connectivity index (χ0v) is 13.1. The van der Waals surface area contributed by atoms with Gasteiger partial charge in [-0.1, -0.05) is 48.0 Å². The highest BCUT2D eigenvalue weighted by atomic mass is 35.5. The van der Waals surface area contributed by atoms with Crippen molar-refractivity contribution >= 4 is 23.5 Å². The van der Waals surface area contributed by atoms with E-state index in [0.29, 0.717) is 16.1 Å². The van der Waals surface area contributed by atoms with Crippen LogP contribution in [0, 0.1) is 0 Å². The molecule has 0 aliphatic carbocycles. The third-order valence-electron chi connectivity index (χ3n) is 3.05. The molecule has 0 heterocycles. The Morgan fingerprint density at radius 1 is 1.05 bits per heavy atom. The number of likely N-dealkylation sites (N-methyl/N-ethyl adjacent to an activating group) is 1. The molecule has 1 unspecified atom stereocenters. The highest BCUT2D eigenvalue weighted by molar-refractivity contribution is 6.30. The fourth-order valence-corrected chi connectivity index (χ4v) is 2.10. The van der Waals surface area contributed by atoms with Crippen LogP contribution in [-0.4, -0.2) is 30.9 Å². The summed E-state index contributed by atoms with van der Waals surface area (Å²) < 4.78 is 5.41. The van der Waals surface area contributed by atoms with E-state index in [1.54, 1.807) is 56.6 Å². The average Bonchev–Trinajstić information content (AvgIpc) is 2.52. The van der Waals surface area contributed by atoms with Gasteiger partial charge in [-0.25, -0.2) is 4.79 Å². The van der Waals surface area contributed by atoms with E-state index in [1.807, 2.05) is 6.07 Å². The minimum Gasteiger partial charge on any atom is -0.444 e. The fourth-order valence-electron chi connectivity index (χ4n) is 1.91. The fraction of sp³-hybridized carbons (Fsp3) is 0.176. The lowest BCUT2D eigenvalue weighted by molar-refractivity contribution is -0.138. The van der Waals surface area contributed by atoms with Crippen molar-refractivity contribution in [2.75, 3.05) is 14.1 Å². The van der Waals surface area contributed by atoms with Gasteiger partial charge in [0.15, 0.2) is 0 Å². The van der Waals surface area contributed by atoms with Crippen molar-refractivity contribution in [1.82, 2.24) is 4.90 Å². The molecule has 22 heavy (non-hydrogen) atoms. The van der Waals surface area contributed by atoms with Crippen LogP contribution in [-0.2, 0) is 9.53 Å². The van der Waals surface area contributed by atoms with E-state index in [0.717, 1.165) is 0 Å². The summed E-state index contributed by atoms with van der Waals surface area (Å²) in [4.78, 5) is 25.9. The predicted molar refractivity (Wildman–Crippen MR) is 84.7 cm³/mol. The maximum absolute atomic E-state index is 12.3. The summed E-state index contributed by atoms with van der Waals surface area (Å²) in [6.45, 7) is 0. The van der Waals surface area contributed by atoms with Gasteiger partial charge < -0.3 is 9.64 Å². The number of amides is 1. The average molecular weight is 318 g/mol. The number of carbonyl (C=O) groups excluding carboxylic acids is 2. The molecule has 0 N–H and O–H groups in total. The van der Waals surface area contributed by atoms with E-state index in [4.69, 9.17) is 16.3 Å². The Kier molecular flexibility index (Phi) is 5.17. The van der Waals surface area contributed by atoms with Gasteiger partial charge in [-0.2, -0.15) is 0 Å². The van der Waals surface area contributed by atoms with E-state index in [1.165, 1.54) is 11.0 Å². The molecular formula is C17H16ClNO3.